The van der Waals surface area contributed by atoms with E-state index in [1.807, 2.05) is 29.2 Å². The van der Waals surface area contributed by atoms with Crippen molar-refractivity contribution in [3.8, 4) is 5.75 Å². The highest BCUT2D eigenvalue weighted by molar-refractivity contribution is 7.99. The first-order valence-electron chi connectivity index (χ1n) is 15.6. The van der Waals surface area contributed by atoms with Crippen molar-refractivity contribution in [1.82, 2.24) is 20.2 Å². The fraction of sp³-hybridized carbons (Fsp3) is 0.243. The van der Waals surface area contributed by atoms with Crippen molar-refractivity contribution >= 4 is 40.4 Å². The van der Waals surface area contributed by atoms with Crippen LogP contribution in [0.2, 0.25) is 0 Å². The molecule has 0 saturated carbocycles. The number of nitrogens with one attached hydrogen (secondary N) is 2. The number of rotatable bonds is 11. The van der Waals surface area contributed by atoms with Crippen molar-refractivity contribution in [2.45, 2.75) is 29.8 Å². The molecule has 1 atom stereocenters. The van der Waals surface area contributed by atoms with Gasteiger partial charge in [0.15, 0.2) is 0 Å². The molecule has 3 N–H and O–H groups in total. The van der Waals surface area contributed by atoms with Gasteiger partial charge in [-0.2, -0.15) is 0 Å². The van der Waals surface area contributed by atoms with Gasteiger partial charge in [-0.15, -0.1) is 11.8 Å². The van der Waals surface area contributed by atoms with E-state index in [1.165, 1.54) is 23.4 Å². The summed E-state index contributed by atoms with van der Waals surface area (Å²) < 4.78 is 5.31. The van der Waals surface area contributed by atoms with Crippen LogP contribution in [-0.2, 0) is 4.79 Å². The number of thioether (sulfide) groups is 1. The van der Waals surface area contributed by atoms with Crippen LogP contribution in [0.1, 0.15) is 50.7 Å². The summed E-state index contributed by atoms with van der Waals surface area (Å²) in [6, 6.07) is 30.3. The smallest absolute Gasteiger partial charge is 0.338 e. The van der Waals surface area contributed by atoms with E-state index in [0.29, 0.717) is 30.5 Å². The van der Waals surface area contributed by atoms with Crippen LogP contribution < -0.4 is 10.1 Å². The number of piperidine rings is 1. The summed E-state index contributed by atoms with van der Waals surface area (Å²) >= 11 is 1.14. The first kappa shape index (κ1) is 31.9. The molecule has 3 heterocycles. The van der Waals surface area contributed by atoms with E-state index in [-0.39, 0.29) is 28.2 Å². The topological polar surface area (TPSA) is 125 Å². The Hall–Kier alpha value is -5.09. The third-order valence-corrected chi connectivity index (χ3v) is 9.80. The van der Waals surface area contributed by atoms with Crippen LogP contribution >= 0.6 is 11.8 Å². The lowest BCUT2D eigenvalue weighted by atomic mass is 9.76. The predicted octanol–water partition coefficient (Wildman–Crippen LogP) is 6.23. The zero-order valence-electron chi connectivity index (χ0n) is 26.0. The number of nitrogens with zero attached hydrogens (tertiary/aromatic N) is 2. The summed E-state index contributed by atoms with van der Waals surface area (Å²) in [5.41, 5.74) is 3.64. The third-order valence-electron chi connectivity index (χ3n) is 8.70. The van der Waals surface area contributed by atoms with E-state index >= 15 is 0 Å². The maximum atomic E-state index is 14.1. The average molecular weight is 649 g/mol. The van der Waals surface area contributed by atoms with Gasteiger partial charge in [0.05, 0.1) is 12.7 Å². The zero-order chi connectivity index (χ0) is 32.8. The highest BCUT2D eigenvalue weighted by Crippen LogP contribution is 2.38. The molecule has 0 aliphatic carbocycles. The number of carbonyl (C=O) groups excluding carboxylic acids is 2. The Morgan fingerprint density at radius 2 is 1.64 bits per heavy atom. The Balaban J connectivity index is 1.21. The van der Waals surface area contributed by atoms with E-state index < -0.39 is 17.9 Å². The van der Waals surface area contributed by atoms with Gasteiger partial charge in [-0.05, 0) is 66.3 Å². The fourth-order valence-electron chi connectivity index (χ4n) is 6.33. The maximum Gasteiger partial charge on any atom is 0.338 e. The standard InChI is InChI=1S/C37H36N4O5S/c1-46-28-14-15-30-27(21-28)22-31(39-30)34(42)40-32(23-47-35-29(37(44)45)13-8-18-38-35)36(43)41-19-16-26(17-20-41)33(24-9-4-2-5-10-24)25-11-6-3-7-12-25/h2-15,18,21-22,26,32-33,39H,16-17,19-20,23H2,1H3,(H,40,42)(H,44,45). The normalized spacial score (nSPS) is 14.2. The number of carbonyl (C=O) groups is 3. The van der Waals surface area contributed by atoms with Crippen LogP contribution in [0.15, 0.2) is 108 Å². The number of aromatic amines is 1. The summed E-state index contributed by atoms with van der Waals surface area (Å²) in [4.78, 5) is 48.7. The molecule has 5 aromatic rings. The third kappa shape index (κ3) is 7.33. The summed E-state index contributed by atoms with van der Waals surface area (Å²) in [5.74, 6) is -0.405. The molecular formula is C37H36N4O5S. The molecule has 1 aliphatic rings. The summed E-state index contributed by atoms with van der Waals surface area (Å²) in [6.45, 7) is 1.10. The second kappa shape index (κ2) is 14.6. The number of carboxylic acid groups (broad SMARTS) is 1. The van der Waals surface area contributed by atoms with Crippen molar-refractivity contribution in [3.63, 3.8) is 0 Å². The largest absolute Gasteiger partial charge is 0.497 e. The summed E-state index contributed by atoms with van der Waals surface area (Å²) in [6.07, 6.45) is 3.13. The Morgan fingerprint density at radius 3 is 2.28 bits per heavy atom. The van der Waals surface area contributed by atoms with Crippen LogP contribution in [0.4, 0.5) is 0 Å². The van der Waals surface area contributed by atoms with Gasteiger partial charge in [-0.3, -0.25) is 9.59 Å². The Morgan fingerprint density at radius 1 is 0.957 bits per heavy atom. The Labute approximate surface area is 277 Å². The quantitative estimate of drug-likeness (QED) is 0.145. The minimum atomic E-state index is -1.10. The molecule has 240 valence electrons. The molecule has 3 aromatic carbocycles. The number of H-pyrrole nitrogens is 1. The average Bonchev–Trinajstić information content (AvgIpc) is 3.55. The highest BCUT2D eigenvalue weighted by Gasteiger charge is 2.34. The van der Waals surface area contributed by atoms with Crippen LogP contribution in [0.25, 0.3) is 10.9 Å². The molecule has 6 rings (SSSR count). The number of aromatic nitrogens is 2. The van der Waals surface area contributed by atoms with E-state index in [0.717, 1.165) is 35.5 Å². The van der Waals surface area contributed by atoms with Crippen LogP contribution in [-0.4, -0.2) is 69.8 Å². The van der Waals surface area contributed by atoms with Crippen molar-refractivity contribution < 1.29 is 24.2 Å². The summed E-state index contributed by atoms with van der Waals surface area (Å²) in [7, 11) is 1.58. The van der Waals surface area contributed by atoms with E-state index in [1.54, 1.807) is 25.3 Å². The Kier molecular flexibility index (Phi) is 9.87. The number of aromatic carboxylic acids is 1. The van der Waals surface area contributed by atoms with Gasteiger partial charge in [0.25, 0.3) is 5.91 Å². The van der Waals surface area contributed by atoms with Gasteiger partial charge in [0.2, 0.25) is 5.91 Å². The lowest BCUT2D eigenvalue weighted by Crippen LogP contribution is -2.52. The second-order valence-corrected chi connectivity index (χ2v) is 12.6. The molecule has 2 aromatic heterocycles. The lowest BCUT2D eigenvalue weighted by Gasteiger charge is -2.38. The molecule has 9 nitrogen and oxygen atoms in total. The molecule has 0 radical (unpaired) electrons. The summed E-state index contributed by atoms with van der Waals surface area (Å²) in [5, 5.41) is 13.7. The lowest BCUT2D eigenvalue weighted by molar-refractivity contribution is -0.134. The number of fused-ring (bicyclic) bond motifs is 1. The number of hydrogen-bond donors (Lipinski definition) is 3. The highest BCUT2D eigenvalue weighted by atomic mass is 32.2. The van der Waals surface area contributed by atoms with Crippen molar-refractivity contribution in [2.24, 2.45) is 5.92 Å². The number of methoxy groups -OCH3 is 1. The molecule has 2 amide bonds. The van der Waals surface area contributed by atoms with Crippen LogP contribution in [0, 0.1) is 5.92 Å². The van der Waals surface area contributed by atoms with Gasteiger partial charge >= 0.3 is 5.97 Å². The van der Waals surface area contributed by atoms with Crippen molar-refractivity contribution in [3.05, 3.63) is 126 Å². The number of amides is 2. The van der Waals surface area contributed by atoms with E-state index in [9.17, 15) is 19.5 Å². The van der Waals surface area contributed by atoms with Gasteiger partial charge in [-0.1, -0.05) is 60.7 Å². The van der Waals surface area contributed by atoms with Gasteiger partial charge in [0, 0.05) is 41.9 Å². The van der Waals surface area contributed by atoms with Gasteiger partial charge in [0.1, 0.15) is 22.5 Å². The molecule has 1 unspecified atom stereocenters. The zero-order valence-corrected chi connectivity index (χ0v) is 26.8. The Bertz CT molecular complexity index is 1820. The second-order valence-electron chi connectivity index (χ2n) is 11.6. The van der Waals surface area contributed by atoms with E-state index in [4.69, 9.17) is 4.74 Å². The first-order chi connectivity index (χ1) is 22.9. The number of ether oxygens (including phenoxy) is 1. The molecular weight excluding hydrogens is 612 g/mol. The number of carboxylic acids is 1. The number of likely N-dealkylation sites (tertiary alicyclic amines) is 1. The molecule has 10 heteroatoms. The van der Waals surface area contributed by atoms with E-state index in [2.05, 4.69) is 63.8 Å². The van der Waals surface area contributed by atoms with Gasteiger partial charge in [-0.25, -0.2) is 9.78 Å². The first-order valence-corrected chi connectivity index (χ1v) is 16.6. The molecule has 0 bridgehead atoms. The minimum Gasteiger partial charge on any atom is -0.497 e. The number of hydrogen-bond acceptors (Lipinski definition) is 6. The molecule has 47 heavy (non-hydrogen) atoms. The molecule has 1 saturated heterocycles. The molecule has 1 aliphatic heterocycles. The van der Waals surface area contributed by atoms with Gasteiger partial charge < -0.3 is 25.0 Å². The fourth-order valence-corrected chi connectivity index (χ4v) is 7.33. The maximum absolute atomic E-state index is 14.1. The van der Waals surface area contributed by atoms with Crippen molar-refractivity contribution in [2.75, 3.05) is 26.0 Å². The number of benzene rings is 3. The minimum absolute atomic E-state index is 0.0493. The molecule has 1 fully saturated rings. The van der Waals surface area contributed by atoms with Crippen LogP contribution in [0.3, 0.4) is 0 Å². The molecule has 0 spiro atoms. The predicted molar refractivity (Wildman–Crippen MR) is 182 cm³/mol. The van der Waals surface area contributed by atoms with Crippen LogP contribution in [0.5, 0.6) is 5.75 Å². The van der Waals surface area contributed by atoms with Crippen molar-refractivity contribution in [1.29, 1.82) is 0 Å². The monoisotopic (exact) mass is 648 g/mol. The SMILES string of the molecule is COc1ccc2[nH]c(C(=O)NC(CSc3ncccc3C(=O)O)C(=O)N3CCC(C(c4ccccc4)c4ccccc4)CC3)cc2c1. The number of pyridine rings is 1.